The summed E-state index contributed by atoms with van der Waals surface area (Å²) in [5, 5.41) is 13.3. The van der Waals surface area contributed by atoms with Crippen LogP contribution in [-0.4, -0.2) is 41.3 Å². The molecule has 140 valence electrons. The molecule has 1 aliphatic carbocycles. The third-order valence-electron chi connectivity index (χ3n) is 4.47. The molecule has 1 unspecified atom stereocenters. The van der Waals surface area contributed by atoms with E-state index in [1.54, 1.807) is 11.0 Å². The number of hydrogen-bond donors (Lipinski definition) is 2. The Hall–Kier alpha value is -1.75. The number of nitrogens with zero attached hydrogens (tertiary/aromatic N) is 1. The van der Waals surface area contributed by atoms with Crippen LogP contribution in [0.4, 0.5) is 4.79 Å². The fraction of sp³-hybridized carbons (Fsp3) is 0.650. The predicted octanol–water partition coefficient (Wildman–Crippen LogP) is 4.01. The molecule has 1 amide bonds. The Morgan fingerprint density at radius 2 is 2.16 bits per heavy atom. The molecule has 0 fully saturated rings. The molecule has 0 heterocycles. The molecule has 0 saturated heterocycles. The van der Waals surface area contributed by atoms with Gasteiger partial charge in [-0.05, 0) is 83.2 Å². The second kappa shape index (κ2) is 8.56. The number of benzene rings is 1. The van der Waals surface area contributed by atoms with Crippen molar-refractivity contribution in [2.45, 2.75) is 65.0 Å². The Labute approximate surface area is 151 Å². The van der Waals surface area contributed by atoms with Crippen LogP contribution in [-0.2, 0) is 11.2 Å². The lowest BCUT2D eigenvalue weighted by Gasteiger charge is -2.28. The number of carbonyl (C=O) groups is 1. The molecule has 0 aromatic heterocycles. The van der Waals surface area contributed by atoms with E-state index in [4.69, 9.17) is 4.74 Å². The number of rotatable bonds is 6. The molecule has 1 atom stereocenters. The van der Waals surface area contributed by atoms with Crippen molar-refractivity contribution in [3.05, 3.63) is 29.3 Å². The third kappa shape index (κ3) is 5.92. The first-order valence-corrected chi connectivity index (χ1v) is 9.33. The highest BCUT2D eigenvalue weighted by molar-refractivity contribution is 5.68. The first-order chi connectivity index (χ1) is 11.8. The molecule has 1 aromatic rings. The molecule has 0 radical (unpaired) electrons. The highest BCUT2D eigenvalue weighted by Crippen LogP contribution is 2.32. The zero-order valence-corrected chi connectivity index (χ0v) is 16.0. The van der Waals surface area contributed by atoms with E-state index in [9.17, 15) is 9.90 Å². The zero-order valence-electron chi connectivity index (χ0n) is 16.0. The average molecular weight is 348 g/mol. The first kappa shape index (κ1) is 19.6. The van der Waals surface area contributed by atoms with Crippen LogP contribution in [0.25, 0.3) is 0 Å². The number of ether oxygens (including phenoxy) is 1. The summed E-state index contributed by atoms with van der Waals surface area (Å²) >= 11 is 0. The minimum Gasteiger partial charge on any atom is -0.508 e. The van der Waals surface area contributed by atoms with Gasteiger partial charge in [0.1, 0.15) is 11.4 Å². The Morgan fingerprint density at radius 1 is 1.40 bits per heavy atom. The molecule has 1 aromatic carbocycles. The molecule has 1 aliphatic rings. The van der Waals surface area contributed by atoms with Crippen LogP contribution in [0.15, 0.2) is 18.2 Å². The van der Waals surface area contributed by atoms with Crippen LogP contribution < -0.4 is 5.32 Å². The van der Waals surface area contributed by atoms with Crippen molar-refractivity contribution in [2.75, 3.05) is 19.6 Å². The fourth-order valence-corrected chi connectivity index (χ4v) is 3.25. The number of amides is 1. The number of carbonyl (C=O) groups excluding carboxylic acids is 1. The van der Waals surface area contributed by atoms with E-state index in [1.807, 2.05) is 39.8 Å². The van der Waals surface area contributed by atoms with E-state index in [1.165, 1.54) is 11.1 Å². The van der Waals surface area contributed by atoms with Crippen LogP contribution >= 0.6 is 0 Å². The highest BCUT2D eigenvalue weighted by Gasteiger charge is 2.22. The van der Waals surface area contributed by atoms with Gasteiger partial charge in [0.2, 0.25) is 0 Å². The smallest absolute Gasteiger partial charge is 0.410 e. The second-order valence-corrected chi connectivity index (χ2v) is 7.70. The summed E-state index contributed by atoms with van der Waals surface area (Å²) in [6, 6.07) is 5.96. The van der Waals surface area contributed by atoms with Crippen LogP contribution in [0.1, 0.15) is 64.1 Å². The van der Waals surface area contributed by atoms with Crippen molar-refractivity contribution in [1.29, 1.82) is 0 Å². The Morgan fingerprint density at radius 3 is 2.84 bits per heavy atom. The van der Waals surface area contributed by atoms with Gasteiger partial charge in [0.05, 0.1) is 0 Å². The number of hydrogen-bond acceptors (Lipinski definition) is 4. The Balaban J connectivity index is 1.81. The van der Waals surface area contributed by atoms with E-state index in [2.05, 4.69) is 5.32 Å². The summed E-state index contributed by atoms with van der Waals surface area (Å²) in [4.78, 5) is 13.9. The van der Waals surface area contributed by atoms with Crippen molar-refractivity contribution < 1.29 is 14.6 Å². The average Bonchev–Trinajstić information content (AvgIpc) is 2.53. The van der Waals surface area contributed by atoms with E-state index < -0.39 is 5.60 Å². The van der Waals surface area contributed by atoms with Crippen LogP contribution in [0, 0.1) is 0 Å². The maximum atomic E-state index is 12.1. The van der Waals surface area contributed by atoms with Gasteiger partial charge in [0, 0.05) is 19.1 Å². The molecule has 0 bridgehead atoms. The molecule has 0 saturated carbocycles. The number of fused-ring (bicyclic) bond motifs is 1. The zero-order chi connectivity index (χ0) is 18.4. The van der Waals surface area contributed by atoms with Gasteiger partial charge in [0.25, 0.3) is 0 Å². The summed E-state index contributed by atoms with van der Waals surface area (Å²) < 4.78 is 5.44. The number of aromatic hydroxyl groups is 1. The molecule has 5 nitrogen and oxygen atoms in total. The lowest BCUT2D eigenvalue weighted by atomic mass is 9.87. The van der Waals surface area contributed by atoms with Crippen molar-refractivity contribution in [3.63, 3.8) is 0 Å². The van der Waals surface area contributed by atoms with Crippen molar-refractivity contribution in [3.8, 4) is 5.75 Å². The molecule has 5 heteroatoms. The summed E-state index contributed by atoms with van der Waals surface area (Å²) in [5.41, 5.74) is 2.08. The van der Waals surface area contributed by atoms with Gasteiger partial charge in [0.15, 0.2) is 0 Å². The monoisotopic (exact) mass is 348 g/mol. The van der Waals surface area contributed by atoms with Crippen molar-refractivity contribution in [2.24, 2.45) is 0 Å². The normalized spacial score (nSPS) is 17.0. The Kier molecular flexibility index (Phi) is 6.71. The number of phenols is 1. The summed E-state index contributed by atoms with van der Waals surface area (Å²) in [6.45, 7) is 9.78. The maximum absolute atomic E-state index is 12.1. The predicted molar refractivity (Wildman–Crippen MR) is 99.9 cm³/mol. The van der Waals surface area contributed by atoms with E-state index in [-0.39, 0.29) is 12.1 Å². The van der Waals surface area contributed by atoms with E-state index in [0.29, 0.717) is 18.8 Å². The molecule has 2 N–H and O–H groups in total. The van der Waals surface area contributed by atoms with Gasteiger partial charge >= 0.3 is 6.09 Å². The first-order valence-electron chi connectivity index (χ1n) is 9.33. The fourth-order valence-electron chi connectivity index (χ4n) is 3.25. The van der Waals surface area contributed by atoms with Gasteiger partial charge in [-0.2, -0.15) is 0 Å². The topological polar surface area (TPSA) is 61.8 Å². The van der Waals surface area contributed by atoms with E-state index >= 15 is 0 Å². The quantitative estimate of drug-likeness (QED) is 0.763. The van der Waals surface area contributed by atoms with Crippen molar-refractivity contribution in [1.82, 2.24) is 10.2 Å². The molecule has 2 rings (SSSR count). The summed E-state index contributed by atoms with van der Waals surface area (Å²) in [5.74, 6) is 0.328. The summed E-state index contributed by atoms with van der Waals surface area (Å²) in [6.07, 6.45) is 3.95. The van der Waals surface area contributed by atoms with Crippen LogP contribution in [0.3, 0.4) is 0 Å². The highest BCUT2D eigenvalue weighted by atomic mass is 16.6. The maximum Gasteiger partial charge on any atom is 0.410 e. The molecule has 0 aliphatic heterocycles. The largest absolute Gasteiger partial charge is 0.508 e. The number of aryl methyl sites for hydroxylation is 1. The SMILES string of the molecule is CCN(CCCNC1CCCc2ccc(O)cc21)C(=O)OC(C)(C)C. The Bertz CT molecular complexity index is 581. The third-order valence-corrected chi connectivity index (χ3v) is 4.47. The summed E-state index contributed by atoms with van der Waals surface area (Å²) in [7, 11) is 0. The molecule has 0 spiro atoms. The van der Waals surface area contributed by atoms with Gasteiger partial charge < -0.3 is 20.1 Å². The minimum absolute atomic E-state index is 0.247. The molecular weight excluding hydrogens is 316 g/mol. The van der Waals surface area contributed by atoms with Crippen LogP contribution in [0.2, 0.25) is 0 Å². The molecular formula is C20H32N2O3. The van der Waals surface area contributed by atoms with Gasteiger partial charge in [-0.1, -0.05) is 6.07 Å². The number of nitrogens with one attached hydrogen (secondary N) is 1. The lowest BCUT2D eigenvalue weighted by Crippen LogP contribution is -2.38. The standard InChI is InChI=1S/C20H32N2O3/c1-5-22(19(24)25-20(2,3)4)13-7-12-21-18-9-6-8-15-10-11-16(23)14-17(15)18/h10-11,14,18,21,23H,5-9,12-13H2,1-4H3. The van der Waals surface area contributed by atoms with Gasteiger partial charge in [-0.3, -0.25) is 0 Å². The van der Waals surface area contributed by atoms with Gasteiger partial charge in [-0.25, -0.2) is 4.79 Å². The van der Waals surface area contributed by atoms with Crippen molar-refractivity contribution >= 4 is 6.09 Å². The van der Waals surface area contributed by atoms with E-state index in [0.717, 1.165) is 32.2 Å². The number of phenolic OH excluding ortho intramolecular Hbond substituents is 1. The second-order valence-electron chi connectivity index (χ2n) is 7.70. The molecule has 25 heavy (non-hydrogen) atoms. The lowest BCUT2D eigenvalue weighted by molar-refractivity contribution is 0.0258. The van der Waals surface area contributed by atoms with Gasteiger partial charge in [-0.15, -0.1) is 0 Å². The minimum atomic E-state index is -0.462. The van der Waals surface area contributed by atoms with Crippen LogP contribution in [0.5, 0.6) is 5.75 Å².